The van der Waals surface area contributed by atoms with E-state index >= 15 is 0 Å². The van der Waals surface area contributed by atoms with Crippen LogP contribution in [0.25, 0.3) is 11.3 Å². The summed E-state index contributed by atoms with van der Waals surface area (Å²) in [6.45, 7) is 1.91. The van der Waals surface area contributed by atoms with Gasteiger partial charge in [-0.05, 0) is 53.5 Å². The van der Waals surface area contributed by atoms with E-state index in [-0.39, 0.29) is 18.8 Å². The highest BCUT2D eigenvalue weighted by molar-refractivity contribution is 9.10. The van der Waals surface area contributed by atoms with Crippen LogP contribution in [-0.2, 0) is 6.54 Å². The smallest absolute Gasteiger partial charge is 0.263 e. The third-order valence-electron chi connectivity index (χ3n) is 3.00. The molecule has 0 N–H and O–H groups in total. The highest BCUT2D eigenvalue weighted by Gasteiger charge is 2.26. The van der Waals surface area contributed by atoms with Gasteiger partial charge in [-0.3, -0.25) is 4.68 Å². The molecule has 0 aliphatic carbocycles. The number of halogens is 5. The maximum Gasteiger partial charge on any atom is 0.389 e. The van der Waals surface area contributed by atoms with E-state index in [2.05, 4.69) is 21.0 Å². The fourth-order valence-electron chi connectivity index (χ4n) is 2.03. The first-order chi connectivity index (χ1) is 9.78. The molecule has 1 heterocycles. The second-order valence-corrected chi connectivity index (χ2v) is 5.49. The Morgan fingerprint density at radius 1 is 1.19 bits per heavy atom. The van der Waals surface area contributed by atoms with Gasteiger partial charge in [0.05, 0.1) is 15.9 Å². The molecule has 0 bridgehead atoms. The van der Waals surface area contributed by atoms with Crippen LogP contribution in [0.1, 0.15) is 18.5 Å². The molecule has 0 unspecified atom stereocenters. The molecule has 0 saturated carbocycles. The molecule has 7 heteroatoms. The predicted octanol–water partition coefficient (Wildman–Crippen LogP) is 5.10. The van der Waals surface area contributed by atoms with Crippen molar-refractivity contribution >= 4 is 15.9 Å². The Labute approximate surface area is 127 Å². The molecule has 0 radical (unpaired) electrons. The number of nitrogens with zero attached hydrogens (tertiary/aromatic N) is 2. The lowest BCUT2D eigenvalue weighted by molar-refractivity contribution is -0.136. The minimum atomic E-state index is -4.17. The molecule has 0 spiro atoms. The second kappa shape index (κ2) is 6.17. The minimum absolute atomic E-state index is 0.0503. The van der Waals surface area contributed by atoms with Gasteiger partial charge >= 0.3 is 6.18 Å². The molecule has 1 aromatic heterocycles. The largest absolute Gasteiger partial charge is 0.389 e. The third-order valence-corrected chi connectivity index (χ3v) is 3.95. The number of benzene rings is 1. The van der Waals surface area contributed by atoms with E-state index in [0.717, 1.165) is 0 Å². The quantitative estimate of drug-likeness (QED) is 0.689. The molecule has 0 aliphatic rings. The van der Waals surface area contributed by atoms with Crippen LogP contribution >= 0.6 is 15.9 Å². The van der Waals surface area contributed by atoms with Crippen molar-refractivity contribution in [2.45, 2.75) is 32.5 Å². The predicted molar refractivity (Wildman–Crippen MR) is 75.3 cm³/mol. The summed E-state index contributed by atoms with van der Waals surface area (Å²) in [4.78, 5) is 0. The zero-order chi connectivity index (χ0) is 15.6. The van der Waals surface area contributed by atoms with Crippen molar-refractivity contribution in [3.8, 4) is 11.3 Å². The first-order valence-corrected chi connectivity index (χ1v) is 7.13. The van der Waals surface area contributed by atoms with E-state index in [1.54, 1.807) is 19.1 Å². The van der Waals surface area contributed by atoms with Gasteiger partial charge in [0, 0.05) is 18.5 Å². The molecule has 0 aliphatic heterocycles. The summed E-state index contributed by atoms with van der Waals surface area (Å²) < 4.78 is 51.9. The minimum Gasteiger partial charge on any atom is -0.263 e. The van der Waals surface area contributed by atoms with E-state index in [9.17, 15) is 17.6 Å². The van der Waals surface area contributed by atoms with Crippen molar-refractivity contribution in [2.75, 3.05) is 0 Å². The molecule has 114 valence electrons. The summed E-state index contributed by atoms with van der Waals surface area (Å²) in [7, 11) is 0. The molecule has 2 nitrogen and oxygen atoms in total. The first-order valence-electron chi connectivity index (χ1n) is 6.33. The van der Waals surface area contributed by atoms with Crippen molar-refractivity contribution in [3.05, 3.63) is 40.2 Å². The number of aromatic nitrogens is 2. The number of alkyl halides is 3. The Morgan fingerprint density at radius 2 is 1.81 bits per heavy atom. The molecule has 0 saturated heterocycles. The lowest BCUT2D eigenvalue weighted by Crippen LogP contribution is -2.10. The summed E-state index contributed by atoms with van der Waals surface area (Å²) in [5, 5.41) is 4.24. The monoisotopic (exact) mass is 364 g/mol. The lowest BCUT2D eigenvalue weighted by Gasteiger charge is -2.10. The Bertz CT molecular complexity index is 617. The van der Waals surface area contributed by atoms with Crippen LogP contribution in [0.4, 0.5) is 17.6 Å². The van der Waals surface area contributed by atoms with Crippen molar-refractivity contribution in [2.24, 2.45) is 0 Å². The van der Waals surface area contributed by atoms with Gasteiger partial charge in [0.1, 0.15) is 5.82 Å². The van der Waals surface area contributed by atoms with Crippen LogP contribution in [0.3, 0.4) is 0 Å². The average Bonchev–Trinajstić information content (AvgIpc) is 2.65. The summed E-state index contributed by atoms with van der Waals surface area (Å²) in [5.74, 6) is -0.366. The van der Waals surface area contributed by atoms with Gasteiger partial charge in [-0.1, -0.05) is 0 Å². The Hall–Kier alpha value is -1.37. The molecular weight excluding hydrogens is 352 g/mol. The van der Waals surface area contributed by atoms with Gasteiger partial charge in [0.2, 0.25) is 0 Å². The van der Waals surface area contributed by atoms with Crippen molar-refractivity contribution in [3.63, 3.8) is 0 Å². The number of rotatable bonds is 4. The highest BCUT2D eigenvalue weighted by Crippen LogP contribution is 2.32. The van der Waals surface area contributed by atoms with Crippen molar-refractivity contribution < 1.29 is 17.6 Å². The summed E-state index contributed by atoms with van der Waals surface area (Å²) in [6, 6.07) is 5.78. The second-order valence-electron chi connectivity index (χ2n) is 4.70. The molecule has 0 atom stereocenters. The zero-order valence-corrected chi connectivity index (χ0v) is 12.8. The van der Waals surface area contributed by atoms with E-state index in [0.29, 0.717) is 21.4 Å². The molecule has 21 heavy (non-hydrogen) atoms. The Morgan fingerprint density at radius 3 is 2.38 bits per heavy atom. The van der Waals surface area contributed by atoms with Crippen LogP contribution in [0, 0.1) is 12.7 Å². The normalized spacial score (nSPS) is 11.9. The van der Waals surface area contributed by atoms with Crippen LogP contribution in [0.5, 0.6) is 0 Å². The van der Waals surface area contributed by atoms with E-state index in [4.69, 9.17) is 0 Å². The van der Waals surface area contributed by atoms with Crippen molar-refractivity contribution in [1.82, 2.24) is 9.78 Å². The first kappa shape index (κ1) is 16.0. The fourth-order valence-corrected chi connectivity index (χ4v) is 2.55. The molecular formula is C14H13BrF4N2. The molecule has 1 aromatic carbocycles. The van der Waals surface area contributed by atoms with E-state index in [1.807, 2.05) is 0 Å². The van der Waals surface area contributed by atoms with E-state index in [1.165, 1.54) is 16.8 Å². The molecule has 2 aromatic rings. The van der Waals surface area contributed by atoms with Crippen LogP contribution in [-0.4, -0.2) is 16.0 Å². The summed E-state index contributed by atoms with van der Waals surface area (Å²) >= 11 is 3.39. The van der Waals surface area contributed by atoms with Crippen LogP contribution in [0.15, 0.2) is 28.7 Å². The number of aryl methyl sites for hydroxylation is 2. The Kier molecular flexibility index (Phi) is 4.70. The SMILES string of the molecule is Cc1nn(CCCC(F)(F)F)c(-c2ccc(F)cc2)c1Br. The van der Waals surface area contributed by atoms with Crippen LogP contribution in [0.2, 0.25) is 0 Å². The molecule has 0 fully saturated rings. The number of hydrogen-bond acceptors (Lipinski definition) is 1. The van der Waals surface area contributed by atoms with Gasteiger partial charge in [-0.2, -0.15) is 18.3 Å². The van der Waals surface area contributed by atoms with Gasteiger partial charge in [-0.25, -0.2) is 4.39 Å². The summed E-state index contributed by atoms with van der Waals surface area (Å²) in [5.41, 5.74) is 2.05. The van der Waals surface area contributed by atoms with Gasteiger partial charge in [-0.15, -0.1) is 0 Å². The van der Waals surface area contributed by atoms with E-state index < -0.39 is 12.6 Å². The molecule has 0 amide bonds. The standard InChI is InChI=1S/C14H13BrF4N2/c1-9-12(15)13(10-3-5-11(16)6-4-10)21(20-9)8-2-7-14(17,18)19/h3-6H,2,7-8H2,1H3. The molecule has 2 rings (SSSR count). The maximum atomic E-state index is 13.0. The van der Waals surface area contributed by atoms with Gasteiger partial charge in [0.25, 0.3) is 0 Å². The highest BCUT2D eigenvalue weighted by atomic mass is 79.9. The zero-order valence-electron chi connectivity index (χ0n) is 11.2. The van der Waals surface area contributed by atoms with Gasteiger partial charge in [0.15, 0.2) is 0 Å². The van der Waals surface area contributed by atoms with Crippen molar-refractivity contribution in [1.29, 1.82) is 0 Å². The lowest BCUT2D eigenvalue weighted by atomic mass is 10.1. The fraction of sp³-hybridized carbons (Fsp3) is 0.357. The summed E-state index contributed by atoms with van der Waals surface area (Å²) in [6.07, 6.45) is -5.08. The number of hydrogen-bond donors (Lipinski definition) is 0. The van der Waals surface area contributed by atoms with Crippen LogP contribution < -0.4 is 0 Å². The third kappa shape index (κ3) is 4.06. The Balaban J connectivity index is 2.26. The topological polar surface area (TPSA) is 17.8 Å². The maximum absolute atomic E-state index is 13.0. The van der Waals surface area contributed by atoms with Gasteiger partial charge < -0.3 is 0 Å². The average molecular weight is 365 g/mol.